The maximum atomic E-state index is 13.1. The van der Waals surface area contributed by atoms with Gasteiger partial charge >= 0.3 is 0 Å². The summed E-state index contributed by atoms with van der Waals surface area (Å²) in [5.74, 6) is 0.801. The number of hydrogen-bond donors (Lipinski definition) is 1. The van der Waals surface area contributed by atoms with Gasteiger partial charge < -0.3 is 15.0 Å². The third kappa shape index (κ3) is 8.55. The lowest BCUT2D eigenvalue weighted by Gasteiger charge is -2.21. The molecule has 0 saturated carbocycles. The van der Waals surface area contributed by atoms with E-state index in [-0.39, 0.29) is 17.7 Å². The lowest BCUT2D eigenvalue weighted by molar-refractivity contribution is -0.132. The van der Waals surface area contributed by atoms with E-state index >= 15 is 0 Å². The van der Waals surface area contributed by atoms with E-state index in [9.17, 15) is 9.59 Å². The average molecular weight is 567 g/mol. The molecular weight excluding hydrogens is 533 g/mol. The molecule has 0 aliphatic rings. The third-order valence-corrected chi connectivity index (χ3v) is 9.06. The smallest absolute Gasteiger partial charge is 0.228 e. The molecule has 0 aliphatic carbocycles. The summed E-state index contributed by atoms with van der Waals surface area (Å²) < 4.78 is 5.35. The largest absolute Gasteiger partial charge is 0.497 e. The highest BCUT2D eigenvalue weighted by Gasteiger charge is 2.22. The summed E-state index contributed by atoms with van der Waals surface area (Å²) in [6, 6.07) is 20.1. The Hall–Kier alpha value is -2.94. The number of nitrogens with one attached hydrogen (secondary N) is 1. The van der Waals surface area contributed by atoms with Crippen molar-refractivity contribution in [3.05, 3.63) is 97.0 Å². The van der Waals surface area contributed by atoms with Crippen LogP contribution in [0.15, 0.2) is 76.8 Å². The van der Waals surface area contributed by atoms with Gasteiger partial charge in [0.05, 0.1) is 26.1 Å². The minimum absolute atomic E-state index is 0.0458. The number of benzene rings is 1. The molecular formula is C30H34N2O3S3. The van der Waals surface area contributed by atoms with E-state index < -0.39 is 0 Å². The number of thiophene rings is 3. The van der Waals surface area contributed by atoms with Crippen LogP contribution in [0.1, 0.15) is 51.8 Å². The fourth-order valence-electron chi connectivity index (χ4n) is 4.33. The molecule has 0 saturated heterocycles. The second kappa shape index (κ2) is 14.9. The van der Waals surface area contributed by atoms with Crippen LogP contribution < -0.4 is 10.1 Å². The number of methoxy groups -OCH3 is 1. The topological polar surface area (TPSA) is 58.6 Å². The van der Waals surface area contributed by atoms with Crippen LogP contribution in [0.5, 0.6) is 5.75 Å². The van der Waals surface area contributed by atoms with Gasteiger partial charge in [0.25, 0.3) is 0 Å². The lowest BCUT2D eigenvalue weighted by atomic mass is 9.96. The Morgan fingerprint density at radius 1 is 0.868 bits per heavy atom. The molecule has 8 heteroatoms. The van der Waals surface area contributed by atoms with Gasteiger partial charge in [0.2, 0.25) is 11.8 Å². The highest BCUT2D eigenvalue weighted by atomic mass is 32.1. The molecule has 0 radical (unpaired) electrons. The van der Waals surface area contributed by atoms with Crippen LogP contribution in [0.25, 0.3) is 0 Å². The van der Waals surface area contributed by atoms with Crippen LogP contribution in [-0.2, 0) is 29.1 Å². The number of amides is 2. The molecule has 0 fully saturated rings. The van der Waals surface area contributed by atoms with Crippen molar-refractivity contribution in [2.24, 2.45) is 0 Å². The van der Waals surface area contributed by atoms with Gasteiger partial charge in [-0.15, -0.1) is 34.0 Å². The van der Waals surface area contributed by atoms with Crippen LogP contribution in [0.4, 0.5) is 0 Å². The number of hydrogen-bond acceptors (Lipinski definition) is 6. The summed E-state index contributed by atoms with van der Waals surface area (Å²) in [7, 11) is 1.65. The van der Waals surface area contributed by atoms with Crippen LogP contribution in [0.3, 0.4) is 0 Å². The minimum atomic E-state index is -0.230. The SMILES string of the molecule is COc1cccc(CC(C(=O)NCCCCCC(=O)N(Cc2cccs2)Cc2cccs2)c2cccs2)c1. The third-order valence-electron chi connectivity index (χ3n) is 6.35. The van der Waals surface area contributed by atoms with E-state index in [1.54, 1.807) is 41.1 Å². The first-order valence-corrected chi connectivity index (χ1v) is 15.5. The summed E-state index contributed by atoms with van der Waals surface area (Å²) in [6.07, 6.45) is 3.72. The molecule has 5 nitrogen and oxygen atoms in total. The van der Waals surface area contributed by atoms with E-state index in [1.807, 2.05) is 58.8 Å². The van der Waals surface area contributed by atoms with E-state index in [0.29, 0.717) is 32.5 Å². The van der Waals surface area contributed by atoms with Gasteiger partial charge in [-0.1, -0.05) is 36.8 Å². The quantitative estimate of drug-likeness (QED) is 0.156. The molecule has 1 N–H and O–H groups in total. The molecule has 1 unspecified atom stereocenters. The Kier molecular flexibility index (Phi) is 11.0. The molecule has 0 bridgehead atoms. The molecule has 4 aromatic rings. The van der Waals surface area contributed by atoms with E-state index in [4.69, 9.17) is 4.74 Å². The maximum absolute atomic E-state index is 13.1. The highest BCUT2D eigenvalue weighted by Crippen LogP contribution is 2.27. The van der Waals surface area contributed by atoms with Crippen LogP contribution in [0.2, 0.25) is 0 Å². The Labute approximate surface area is 237 Å². The summed E-state index contributed by atoms with van der Waals surface area (Å²) >= 11 is 4.98. The van der Waals surface area contributed by atoms with Crippen molar-refractivity contribution >= 4 is 45.8 Å². The Bertz CT molecular complexity index is 1200. The molecule has 1 atom stereocenters. The van der Waals surface area contributed by atoms with Crippen molar-refractivity contribution < 1.29 is 14.3 Å². The number of unbranched alkanes of at least 4 members (excludes halogenated alkanes) is 2. The van der Waals surface area contributed by atoms with Crippen molar-refractivity contribution in [1.82, 2.24) is 10.2 Å². The molecule has 3 aromatic heterocycles. The Morgan fingerprint density at radius 2 is 1.58 bits per heavy atom. The standard InChI is InChI=1S/C30H34N2O3S3/c1-35-24-10-5-9-23(19-24)20-27(28-13-8-18-38-28)30(34)31-15-4-2-3-14-29(33)32(21-25-11-6-16-36-25)22-26-12-7-17-37-26/h5-13,16-19,27H,2-4,14-15,20-22H2,1H3,(H,31,34). The van der Waals surface area contributed by atoms with Crippen LogP contribution >= 0.6 is 34.0 Å². The number of carbonyl (C=O) groups is 2. The first kappa shape index (κ1) is 28.1. The molecule has 4 rings (SSSR count). The van der Waals surface area contributed by atoms with Gasteiger partial charge in [-0.2, -0.15) is 0 Å². The van der Waals surface area contributed by atoms with Crippen molar-refractivity contribution in [3.63, 3.8) is 0 Å². The first-order valence-electron chi connectivity index (χ1n) is 12.9. The predicted octanol–water partition coefficient (Wildman–Crippen LogP) is 7.11. The minimum Gasteiger partial charge on any atom is -0.497 e. The highest BCUT2D eigenvalue weighted by molar-refractivity contribution is 7.10. The fraction of sp³-hybridized carbons (Fsp3) is 0.333. The van der Waals surface area contributed by atoms with E-state index in [0.717, 1.165) is 35.5 Å². The fourth-order valence-corrected chi connectivity index (χ4v) is 6.60. The summed E-state index contributed by atoms with van der Waals surface area (Å²) in [6.45, 7) is 1.92. The van der Waals surface area contributed by atoms with Crippen LogP contribution in [0, 0.1) is 0 Å². The zero-order valence-electron chi connectivity index (χ0n) is 21.6. The van der Waals surface area contributed by atoms with Gasteiger partial charge in [-0.05, 0) is 71.3 Å². The molecule has 38 heavy (non-hydrogen) atoms. The van der Waals surface area contributed by atoms with Gasteiger partial charge in [0.15, 0.2) is 0 Å². The zero-order valence-corrected chi connectivity index (χ0v) is 24.1. The molecule has 0 spiro atoms. The first-order chi connectivity index (χ1) is 18.6. The second-order valence-corrected chi connectivity index (χ2v) is 12.2. The number of carbonyl (C=O) groups excluding carboxylic acids is 2. The number of rotatable bonds is 15. The van der Waals surface area contributed by atoms with Crippen molar-refractivity contribution in [1.29, 1.82) is 0 Å². The normalized spacial score (nSPS) is 11.7. The predicted molar refractivity (Wildman–Crippen MR) is 158 cm³/mol. The zero-order chi connectivity index (χ0) is 26.6. The van der Waals surface area contributed by atoms with Gasteiger partial charge in [-0.3, -0.25) is 9.59 Å². The summed E-state index contributed by atoms with van der Waals surface area (Å²) in [4.78, 5) is 31.6. The maximum Gasteiger partial charge on any atom is 0.228 e. The Morgan fingerprint density at radius 3 is 2.21 bits per heavy atom. The summed E-state index contributed by atoms with van der Waals surface area (Å²) in [5.41, 5.74) is 1.08. The monoisotopic (exact) mass is 566 g/mol. The van der Waals surface area contributed by atoms with E-state index in [1.165, 1.54) is 9.75 Å². The summed E-state index contributed by atoms with van der Waals surface area (Å²) in [5, 5.41) is 9.25. The number of ether oxygens (including phenoxy) is 1. The second-order valence-electron chi connectivity index (χ2n) is 9.13. The molecule has 200 valence electrons. The number of nitrogens with zero attached hydrogens (tertiary/aromatic N) is 1. The van der Waals surface area contributed by atoms with Crippen molar-refractivity contribution in [2.75, 3.05) is 13.7 Å². The van der Waals surface area contributed by atoms with Crippen LogP contribution in [-0.4, -0.2) is 30.4 Å². The lowest BCUT2D eigenvalue weighted by Crippen LogP contribution is -2.31. The Balaban J connectivity index is 1.22. The van der Waals surface area contributed by atoms with E-state index in [2.05, 4.69) is 28.2 Å². The van der Waals surface area contributed by atoms with Gasteiger partial charge in [-0.25, -0.2) is 0 Å². The molecule has 2 amide bonds. The molecule has 0 aliphatic heterocycles. The van der Waals surface area contributed by atoms with Gasteiger partial charge in [0.1, 0.15) is 5.75 Å². The average Bonchev–Trinajstić information content (AvgIpc) is 3.73. The molecule has 1 aromatic carbocycles. The van der Waals surface area contributed by atoms with Crippen molar-refractivity contribution in [2.45, 2.75) is 51.1 Å². The molecule has 3 heterocycles. The van der Waals surface area contributed by atoms with Gasteiger partial charge in [0, 0.05) is 27.6 Å². The van der Waals surface area contributed by atoms with Crippen molar-refractivity contribution in [3.8, 4) is 5.75 Å².